The predicted molar refractivity (Wildman–Crippen MR) is 135 cm³/mol. The Balaban J connectivity index is 1.59. The van der Waals surface area contributed by atoms with E-state index in [1.165, 1.54) is 18.4 Å². The first kappa shape index (κ1) is 23.5. The number of imidazole rings is 1. The third-order valence-corrected chi connectivity index (χ3v) is 6.40. The van der Waals surface area contributed by atoms with Crippen molar-refractivity contribution in [1.82, 2.24) is 19.8 Å². The third-order valence-electron chi connectivity index (χ3n) is 6.40. The molecule has 0 unspecified atom stereocenters. The molecule has 5 nitrogen and oxygen atoms in total. The summed E-state index contributed by atoms with van der Waals surface area (Å²) in [6.45, 7) is 10.6. The zero-order valence-electron chi connectivity index (χ0n) is 20.4. The summed E-state index contributed by atoms with van der Waals surface area (Å²) in [5.74, 6) is 2.38. The highest BCUT2D eigenvalue weighted by Gasteiger charge is 2.26. The highest BCUT2D eigenvalue weighted by atomic mass is 16.2. The summed E-state index contributed by atoms with van der Waals surface area (Å²) in [6, 6.07) is 16.4. The summed E-state index contributed by atoms with van der Waals surface area (Å²) in [4.78, 5) is 20.6. The van der Waals surface area contributed by atoms with Crippen LogP contribution in [-0.4, -0.2) is 33.4 Å². The molecule has 0 aliphatic heterocycles. The van der Waals surface area contributed by atoms with Crippen LogP contribution in [0.2, 0.25) is 0 Å². The topological polar surface area (TPSA) is 50.2 Å². The average molecular weight is 447 g/mol. The van der Waals surface area contributed by atoms with Crippen molar-refractivity contribution < 1.29 is 4.79 Å². The Bertz CT molecular complexity index is 1070. The van der Waals surface area contributed by atoms with Crippen molar-refractivity contribution in [1.29, 1.82) is 0 Å². The van der Waals surface area contributed by atoms with E-state index in [-0.39, 0.29) is 5.91 Å². The molecule has 2 aromatic carbocycles. The van der Waals surface area contributed by atoms with E-state index in [0.717, 1.165) is 67.4 Å². The number of carbonyl (C=O) groups is 1. The first-order valence-electron chi connectivity index (χ1n) is 12.6. The van der Waals surface area contributed by atoms with Gasteiger partial charge in [0.2, 0.25) is 0 Å². The van der Waals surface area contributed by atoms with E-state index in [2.05, 4.69) is 54.9 Å². The maximum Gasteiger partial charge on any atom is 0.254 e. The summed E-state index contributed by atoms with van der Waals surface area (Å²) < 4.78 is 2.35. The van der Waals surface area contributed by atoms with Crippen LogP contribution in [0.25, 0.3) is 11.0 Å². The zero-order chi connectivity index (χ0) is 23.2. The van der Waals surface area contributed by atoms with Gasteiger partial charge in [0.1, 0.15) is 5.82 Å². The number of hydrogen-bond donors (Lipinski definition) is 1. The van der Waals surface area contributed by atoms with Crippen molar-refractivity contribution in [3.05, 3.63) is 65.5 Å². The minimum absolute atomic E-state index is 0.0954. The number of rotatable bonds is 12. The fourth-order valence-corrected chi connectivity index (χ4v) is 4.25. The Morgan fingerprint density at radius 1 is 1.18 bits per heavy atom. The molecule has 1 fully saturated rings. The van der Waals surface area contributed by atoms with E-state index < -0.39 is 0 Å². The Kier molecular flexibility index (Phi) is 7.81. The second-order valence-electron chi connectivity index (χ2n) is 9.86. The number of aromatic nitrogens is 2. The predicted octanol–water partition coefficient (Wildman–Crippen LogP) is 5.63. The molecule has 1 amide bonds. The number of amides is 1. The summed E-state index contributed by atoms with van der Waals surface area (Å²) in [5, 5.41) is 3.43. The van der Waals surface area contributed by atoms with Crippen molar-refractivity contribution in [2.45, 2.75) is 66.1 Å². The van der Waals surface area contributed by atoms with Gasteiger partial charge in [-0.1, -0.05) is 45.0 Å². The molecular formula is C28H38N4O. The van der Waals surface area contributed by atoms with E-state index >= 15 is 0 Å². The Hall–Kier alpha value is -2.66. The molecule has 4 rings (SSSR count). The van der Waals surface area contributed by atoms with E-state index in [9.17, 15) is 4.79 Å². The minimum Gasteiger partial charge on any atom is -0.331 e. The summed E-state index contributed by atoms with van der Waals surface area (Å²) >= 11 is 0. The molecule has 5 heteroatoms. The van der Waals surface area contributed by atoms with Gasteiger partial charge in [0.25, 0.3) is 5.91 Å². The van der Waals surface area contributed by atoms with Crippen LogP contribution >= 0.6 is 0 Å². The standard InChI is InChI=1S/C28H38N4O/c1-4-15-29-18-23-8-7-9-24(17-23)28(33)31(16-14-21(2)3)20-27-30-25-10-5-6-11-26(25)32(27)19-22-12-13-22/h5-11,17,21-22,29H,4,12-16,18-20H2,1-3H3. The lowest BCUT2D eigenvalue weighted by Crippen LogP contribution is -2.33. The molecule has 1 aliphatic carbocycles. The second kappa shape index (κ2) is 11.0. The lowest BCUT2D eigenvalue weighted by atomic mass is 10.1. The third kappa shape index (κ3) is 6.23. The van der Waals surface area contributed by atoms with Gasteiger partial charge in [-0.3, -0.25) is 4.79 Å². The van der Waals surface area contributed by atoms with Crippen molar-refractivity contribution in [2.24, 2.45) is 11.8 Å². The van der Waals surface area contributed by atoms with Gasteiger partial charge >= 0.3 is 0 Å². The smallest absolute Gasteiger partial charge is 0.254 e. The zero-order valence-corrected chi connectivity index (χ0v) is 20.4. The number of fused-ring (bicyclic) bond motifs is 1. The molecule has 0 saturated heterocycles. The van der Waals surface area contributed by atoms with Crippen LogP contribution in [0.1, 0.15) is 68.2 Å². The van der Waals surface area contributed by atoms with E-state index in [1.807, 2.05) is 29.2 Å². The SMILES string of the molecule is CCCNCc1cccc(C(=O)N(CCC(C)C)Cc2nc3ccccc3n2CC2CC2)c1. The highest BCUT2D eigenvalue weighted by Crippen LogP contribution is 2.32. The molecular weight excluding hydrogens is 408 g/mol. The van der Waals surface area contributed by atoms with E-state index in [4.69, 9.17) is 4.98 Å². The number of nitrogens with one attached hydrogen (secondary N) is 1. The van der Waals surface area contributed by atoms with Gasteiger partial charge in [-0.25, -0.2) is 4.98 Å². The monoisotopic (exact) mass is 446 g/mol. The lowest BCUT2D eigenvalue weighted by molar-refractivity contribution is 0.0729. The largest absolute Gasteiger partial charge is 0.331 e. The Labute approximate surface area is 198 Å². The first-order valence-corrected chi connectivity index (χ1v) is 12.6. The maximum absolute atomic E-state index is 13.7. The van der Waals surface area contributed by atoms with Gasteiger partial charge < -0.3 is 14.8 Å². The number of carbonyl (C=O) groups excluding carboxylic acids is 1. The van der Waals surface area contributed by atoms with Crippen molar-refractivity contribution in [3.8, 4) is 0 Å². The Morgan fingerprint density at radius 3 is 2.76 bits per heavy atom. The average Bonchev–Trinajstić information content (AvgIpc) is 3.57. The molecule has 0 spiro atoms. The van der Waals surface area contributed by atoms with Crippen molar-refractivity contribution >= 4 is 16.9 Å². The summed E-state index contributed by atoms with van der Waals surface area (Å²) in [7, 11) is 0. The molecule has 3 aromatic rings. The molecule has 1 N–H and O–H groups in total. The van der Waals surface area contributed by atoms with Crippen LogP contribution in [-0.2, 0) is 19.6 Å². The molecule has 1 aliphatic rings. The van der Waals surface area contributed by atoms with Gasteiger partial charge in [-0.2, -0.15) is 0 Å². The molecule has 1 saturated carbocycles. The minimum atomic E-state index is 0.0954. The van der Waals surface area contributed by atoms with Crippen LogP contribution in [0, 0.1) is 11.8 Å². The number of nitrogens with zero attached hydrogens (tertiary/aromatic N) is 3. The second-order valence-corrected chi connectivity index (χ2v) is 9.86. The summed E-state index contributed by atoms with van der Waals surface area (Å²) in [5.41, 5.74) is 4.12. The number of benzene rings is 2. The van der Waals surface area contributed by atoms with Crippen LogP contribution in [0.5, 0.6) is 0 Å². The van der Waals surface area contributed by atoms with Crippen LogP contribution in [0.3, 0.4) is 0 Å². The van der Waals surface area contributed by atoms with Gasteiger partial charge in [-0.15, -0.1) is 0 Å². The number of hydrogen-bond acceptors (Lipinski definition) is 3. The molecule has 0 bridgehead atoms. The van der Waals surface area contributed by atoms with Gasteiger partial charge in [0.05, 0.1) is 17.6 Å². The van der Waals surface area contributed by atoms with Gasteiger partial charge in [0, 0.05) is 25.2 Å². The molecule has 33 heavy (non-hydrogen) atoms. The molecule has 0 atom stereocenters. The molecule has 176 valence electrons. The maximum atomic E-state index is 13.7. The van der Waals surface area contributed by atoms with Crippen molar-refractivity contribution in [3.63, 3.8) is 0 Å². The van der Waals surface area contributed by atoms with E-state index in [1.54, 1.807) is 0 Å². The fraction of sp³-hybridized carbons (Fsp3) is 0.500. The fourth-order valence-electron chi connectivity index (χ4n) is 4.25. The first-order chi connectivity index (χ1) is 16.0. The van der Waals surface area contributed by atoms with Crippen LogP contribution in [0.4, 0.5) is 0 Å². The van der Waals surface area contributed by atoms with Gasteiger partial charge in [-0.05, 0) is 73.9 Å². The normalized spacial score (nSPS) is 13.7. The molecule has 1 aromatic heterocycles. The highest BCUT2D eigenvalue weighted by molar-refractivity contribution is 5.94. The van der Waals surface area contributed by atoms with Crippen molar-refractivity contribution in [2.75, 3.05) is 13.1 Å². The number of para-hydroxylation sites is 2. The lowest BCUT2D eigenvalue weighted by Gasteiger charge is -2.24. The quantitative estimate of drug-likeness (QED) is 0.367. The van der Waals surface area contributed by atoms with Gasteiger partial charge in [0.15, 0.2) is 0 Å². The molecule has 0 radical (unpaired) electrons. The molecule has 1 heterocycles. The Morgan fingerprint density at radius 2 is 2.00 bits per heavy atom. The van der Waals surface area contributed by atoms with Crippen LogP contribution in [0.15, 0.2) is 48.5 Å². The van der Waals surface area contributed by atoms with E-state index in [0.29, 0.717) is 12.5 Å². The summed E-state index contributed by atoms with van der Waals surface area (Å²) in [6.07, 6.45) is 4.66. The van der Waals surface area contributed by atoms with Crippen LogP contribution < -0.4 is 5.32 Å².